The van der Waals surface area contributed by atoms with Gasteiger partial charge in [-0.15, -0.1) is 0 Å². The Bertz CT molecular complexity index is 633. The summed E-state index contributed by atoms with van der Waals surface area (Å²) in [6, 6.07) is 5.83. The highest BCUT2D eigenvalue weighted by molar-refractivity contribution is 6.06. The highest BCUT2D eigenvalue weighted by Crippen LogP contribution is 2.25. The normalized spacial score (nSPS) is 13.4. The predicted octanol–water partition coefficient (Wildman–Crippen LogP) is 2.51. The van der Waals surface area contributed by atoms with E-state index in [9.17, 15) is 4.79 Å². The summed E-state index contributed by atoms with van der Waals surface area (Å²) in [5, 5.41) is 10.4. The molecule has 1 aromatic heterocycles. The van der Waals surface area contributed by atoms with Crippen LogP contribution in [0, 0.1) is 0 Å². The fourth-order valence-electron chi connectivity index (χ4n) is 2.52. The zero-order valence-electron chi connectivity index (χ0n) is 11.5. The molecule has 0 spiro atoms. The number of carbonyl (C=O) groups is 1. The molecule has 0 saturated carbocycles. The number of amides is 1. The largest absolute Gasteiger partial charge is 0.385 e. The Morgan fingerprint density at radius 1 is 1.50 bits per heavy atom. The first-order valence-corrected chi connectivity index (χ1v) is 6.97. The first-order chi connectivity index (χ1) is 9.78. The van der Waals surface area contributed by atoms with Crippen molar-refractivity contribution in [1.29, 1.82) is 0 Å². The average molecular weight is 270 g/mol. The summed E-state index contributed by atoms with van der Waals surface area (Å²) in [6.07, 6.45) is 5.52. The van der Waals surface area contributed by atoms with Gasteiger partial charge in [0.2, 0.25) is 0 Å². The van der Waals surface area contributed by atoms with Crippen molar-refractivity contribution in [2.75, 3.05) is 17.2 Å². The van der Waals surface area contributed by atoms with Gasteiger partial charge in [0.15, 0.2) is 0 Å². The Kier molecular flexibility index (Phi) is 3.41. The van der Waals surface area contributed by atoms with Crippen LogP contribution in [0.1, 0.15) is 29.3 Å². The summed E-state index contributed by atoms with van der Waals surface area (Å²) in [6.45, 7) is 3.78. The molecule has 0 aliphatic carbocycles. The second-order valence-corrected chi connectivity index (χ2v) is 4.90. The number of hydrogen-bond acceptors (Lipinski definition) is 3. The number of fused-ring (bicyclic) bond motifs is 1. The predicted molar refractivity (Wildman–Crippen MR) is 79.1 cm³/mol. The lowest BCUT2D eigenvalue weighted by Gasteiger charge is -2.20. The average Bonchev–Trinajstić information content (AvgIpc) is 2.94. The molecule has 5 nitrogen and oxygen atoms in total. The maximum Gasteiger partial charge on any atom is 0.256 e. The molecule has 104 valence electrons. The molecule has 1 aliphatic rings. The summed E-state index contributed by atoms with van der Waals surface area (Å²) >= 11 is 0. The van der Waals surface area contributed by atoms with E-state index < -0.39 is 0 Å². The molecule has 2 heterocycles. The summed E-state index contributed by atoms with van der Waals surface area (Å²) in [4.78, 5) is 12.4. The van der Waals surface area contributed by atoms with Crippen LogP contribution in [0.2, 0.25) is 0 Å². The lowest BCUT2D eigenvalue weighted by atomic mass is 9.97. The first-order valence-electron chi connectivity index (χ1n) is 6.97. The van der Waals surface area contributed by atoms with Crippen LogP contribution in [0.4, 0.5) is 11.4 Å². The fourth-order valence-corrected chi connectivity index (χ4v) is 2.52. The number of hydrogen-bond donors (Lipinski definition) is 2. The molecule has 0 fully saturated rings. The molecule has 2 N–H and O–H groups in total. The van der Waals surface area contributed by atoms with Gasteiger partial charge in [-0.3, -0.25) is 9.48 Å². The third kappa shape index (κ3) is 2.39. The van der Waals surface area contributed by atoms with Gasteiger partial charge < -0.3 is 10.6 Å². The van der Waals surface area contributed by atoms with Gasteiger partial charge >= 0.3 is 0 Å². The number of carbonyl (C=O) groups excluding carboxylic acids is 1. The number of aromatic nitrogens is 2. The number of benzene rings is 1. The van der Waals surface area contributed by atoms with Crippen LogP contribution in [0.3, 0.4) is 0 Å². The Morgan fingerprint density at radius 2 is 2.40 bits per heavy atom. The van der Waals surface area contributed by atoms with E-state index in [-0.39, 0.29) is 5.91 Å². The van der Waals surface area contributed by atoms with Gasteiger partial charge in [0.25, 0.3) is 5.91 Å². The van der Waals surface area contributed by atoms with E-state index in [4.69, 9.17) is 0 Å². The molecule has 20 heavy (non-hydrogen) atoms. The standard InChI is InChI=1S/C15H18N4O/c1-2-19-10-11(9-17-19)18-15(20)13-5-3-7-14-12(13)6-4-8-16-14/h3,5,7,9-10,16H,2,4,6,8H2,1H3,(H,18,20). The minimum absolute atomic E-state index is 0.0683. The topological polar surface area (TPSA) is 59.0 Å². The number of aryl methyl sites for hydroxylation is 1. The van der Waals surface area contributed by atoms with E-state index in [1.54, 1.807) is 10.9 Å². The monoisotopic (exact) mass is 270 g/mol. The molecule has 5 heteroatoms. The van der Waals surface area contributed by atoms with Gasteiger partial charge in [-0.05, 0) is 37.5 Å². The smallest absolute Gasteiger partial charge is 0.256 e. The molecule has 0 saturated heterocycles. The van der Waals surface area contributed by atoms with Crippen molar-refractivity contribution < 1.29 is 4.79 Å². The van der Waals surface area contributed by atoms with Gasteiger partial charge in [0.05, 0.1) is 11.9 Å². The zero-order chi connectivity index (χ0) is 13.9. The van der Waals surface area contributed by atoms with Crippen LogP contribution in [0.5, 0.6) is 0 Å². The SMILES string of the molecule is CCn1cc(NC(=O)c2cccc3c2CCCN3)cn1. The van der Waals surface area contributed by atoms with Crippen molar-refractivity contribution in [3.05, 3.63) is 41.7 Å². The van der Waals surface area contributed by atoms with Crippen molar-refractivity contribution in [1.82, 2.24) is 9.78 Å². The minimum atomic E-state index is -0.0683. The first kappa shape index (κ1) is 12.7. The van der Waals surface area contributed by atoms with E-state index in [1.165, 1.54) is 0 Å². The van der Waals surface area contributed by atoms with Gasteiger partial charge in [0, 0.05) is 30.5 Å². The third-order valence-corrected chi connectivity index (χ3v) is 3.55. The van der Waals surface area contributed by atoms with Gasteiger partial charge in [-0.1, -0.05) is 6.07 Å². The summed E-state index contributed by atoms with van der Waals surface area (Å²) in [7, 11) is 0. The molecular weight excluding hydrogens is 252 g/mol. The molecule has 1 aliphatic heterocycles. The third-order valence-electron chi connectivity index (χ3n) is 3.55. The number of anilines is 2. The van der Waals surface area contributed by atoms with E-state index >= 15 is 0 Å². The number of rotatable bonds is 3. The van der Waals surface area contributed by atoms with Crippen molar-refractivity contribution in [2.24, 2.45) is 0 Å². The van der Waals surface area contributed by atoms with E-state index in [0.29, 0.717) is 0 Å². The number of nitrogens with one attached hydrogen (secondary N) is 2. The second kappa shape index (κ2) is 5.36. The van der Waals surface area contributed by atoms with Gasteiger partial charge in [-0.25, -0.2) is 0 Å². The van der Waals surface area contributed by atoms with Crippen molar-refractivity contribution in [3.63, 3.8) is 0 Å². The van der Waals surface area contributed by atoms with Crippen LogP contribution in [-0.4, -0.2) is 22.2 Å². The lowest BCUT2D eigenvalue weighted by Crippen LogP contribution is -2.19. The molecule has 1 amide bonds. The zero-order valence-corrected chi connectivity index (χ0v) is 11.5. The summed E-state index contributed by atoms with van der Waals surface area (Å²) in [5.41, 5.74) is 3.67. The van der Waals surface area contributed by atoms with Gasteiger partial charge in [0.1, 0.15) is 0 Å². The quantitative estimate of drug-likeness (QED) is 0.901. The maximum absolute atomic E-state index is 12.4. The molecule has 1 aromatic carbocycles. The van der Waals surface area contributed by atoms with Crippen LogP contribution >= 0.6 is 0 Å². The van der Waals surface area contributed by atoms with Crippen molar-refractivity contribution >= 4 is 17.3 Å². The molecule has 0 bridgehead atoms. The minimum Gasteiger partial charge on any atom is -0.385 e. The van der Waals surface area contributed by atoms with Crippen LogP contribution in [0.25, 0.3) is 0 Å². The van der Waals surface area contributed by atoms with E-state index in [2.05, 4.69) is 15.7 Å². The molecule has 0 radical (unpaired) electrons. The van der Waals surface area contributed by atoms with Crippen molar-refractivity contribution in [2.45, 2.75) is 26.3 Å². The van der Waals surface area contributed by atoms with Crippen LogP contribution in [0.15, 0.2) is 30.6 Å². The highest BCUT2D eigenvalue weighted by Gasteiger charge is 2.17. The second-order valence-electron chi connectivity index (χ2n) is 4.90. The van der Waals surface area contributed by atoms with Gasteiger partial charge in [-0.2, -0.15) is 5.10 Å². The Labute approximate surface area is 118 Å². The maximum atomic E-state index is 12.4. The lowest BCUT2D eigenvalue weighted by molar-refractivity contribution is 0.102. The molecule has 0 unspecified atom stereocenters. The van der Waals surface area contributed by atoms with E-state index in [1.807, 2.05) is 31.3 Å². The molecule has 2 aromatic rings. The van der Waals surface area contributed by atoms with E-state index in [0.717, 1.165) is 48.4 Å². The molecular formula is C15H18N4O. The molecule has 3 rings (SSSR count). The summed E-state index contributed by atoms with van der Waals surface area (Å²) in [5.74, 6) is -0.0683. The Balaban J connectivity index is 1.83. The highest BCUT2D eigenvalue weighted by atomic mass is 16.1. The molecule has 0 atom stereocenters. The Hall–Kier alpha value is -2.30. The Morgan fingerprint density at radius 3 is 3.20 bits per heavy atom. The van der Waals surface area contributed by atoms with Crippen molar-refractivity contribution in [3.8, 4) is 0 Å². The fraction of sp³-hybridized carbons (Fsp3) is 0.333. The summed E-state index contributed by atoms with van der Waals surface area (Å²) < 4.78 is 1.79. The van der Waals surface area contributed by atoms with Crippen LogP contribution in [-0.2, 0) is 13.0 Å². The van der Waals surface area contributed by atoms with Crippen LogP contribution < -0.4 is 10.6 Å². The number of nitrogens with zero attached hydrogens (tertiary/aromatic N) is 2.